The summed E-state index contributed by atoms with van der Waals surface area (Å²) in [4.78, 5) is 10.8. The van der Waals surface area contributed by atoms with Crippen molar-refractivity contribution in [2.24, 2.45) is 0 Å². The van der Waals surface area contributed by atoms with Gasteiger partial charge in [0.2, 0.25) is 0 Å². The Morgan fingerprint density at radius 3 is 2.31 bits per heavy atom. The number of aliphatic hydroxyl groups excluding tert-OH is 1. The number of rotatable bonds is 0. The van der Waals surface area contributed by atoms with Gasteiger partial charge in [0.05, 0.1) is 5.54 Å². The van der Waals surface area contributed by atoms with E-state index in [9.17, 15) is 18.7 Å². The Morgan fingerprint density at radius 1 is 1.38 bits per heavy atom. The molecule has 1 unspecified atom stereocenters. The molecule has 13 heavy (non-hydrogen) atoms. The van der Waals surface area contributed by atoms with Gasteiger partial charge in [-0.15, -0.1) is 0 Å². The van der Waals surface area contributed by atoms with Crippen LogP contribution in [0.5, 0.6) is 0 Å². The van der Waals surface area contributed by atoms with Crippen LogP contribution in [0.3, 0.4) is 0 Å². The van der Waals surface area contributed by atoms with Crippen molar-refractivity contribution in [3.05, 3.63) is 0 Å². The van der Waals surface area contributed by atoms with E-state index in [0.717, 1.165) is 12.8 Å². The molecule has 1 heterocycles. The zero-order chi connectivity index (χ0) is 9.69. The molecule has 1 spiro atoms. The van der Waals surface area contributed by atoms with Gasteiger partial charge in [-0.3, -0.25) is 4.79 Å². The molecule has 2 fully saturated rings. The topological polar surface area (TPSA) is 49.3 Å². The predicted octanol–water partition coefficient (Wildman–Crippen LogP) is 0.425. The van der Waals surface area contributed by atoms with Crippen LogP contribution in [-0.4, -0.2) is 28.6 Å². The molecule has 0 aromatic heterocycles. The van der Waals surface area contributed by atoms with E-state index in [1.807, 2.05) is 0 Å². The SMILES string of the molecule is O=C1NC2(CCCC2)C(O)C1(F)F. The van der Waals surface area contributed by atoms with Gasteiger partial charge < -0.3 is 10.4 Å². The molecule has 1 aliphatic heterocycles. The molecule has 2 rings (SSSR count). The quantitative estimate of drug-likeness (QED) is 0.583. The van der Waals surface area contributed by atoms with Gasteiger partial charge in [-0.2, -0.15) is 8.78 Å². The molecule has 74 valence electrons. The number of aliphatic hydroxyl groups is 1. The van der Waals surface area contributed by atoms with Crippen LogP contribution in [0.15, 0.2) is 0 Å². The highest BCUT2D eigenvalue weighted by Crippen LogP contribution is 2.43. The van der Waals surface area contributed by atoms with Gasteiger partial charge >= 0.3 is 5.92 Å². The fourth-order valence-electron chi connectivity index (χ4n) is 2.25. The van der Waals surface area contributed by atoms with Crippen molar-refractivity contribution in [1.82, 2.24) is 5.32 Å². The predicted molar refractivity (Wildman–Crippen MR) is 40.3 cm³/mol. The van der Waals surface area contributed by atoms with Crippen molar-refractivity contribution in [2.45, 2.75) is 43.2 Å². The van der Waals surface area contributed by atoms with Crippen LogP contribution in [0.1, 0.15) is 25.7 Å². The molecule has 1 aliphatic carbocycles. The summed E-state index contributed by atoms with van der Waals surface area (Å²) in [6, 6.07) is 0. The van der Waals surface area contributed by atoms with Crippen molar-refractivity contribution in [2.75, 3.05) is 0 Å². The lowest BCUT2D eigenvalue weighted by molar-refractivity contribution is -0.152. The third-order valence-electron chi connectivity index (χ3n) is 3.03. The molecule has 3 nitrogen and oxygen atoms in total. The number of amides is 1. The molecular formula is C8H11F2NO2. The number of hydrogen-bond donors (Lipinski definition) is 2. The van der Waals surface area contributed by atoms with Crippen LogP contribution in [-0.2, 0) is 4.79 Å². The van der Waals surface area contributed by atoms with Crippen molar-refractivity contribution in [3.8, 4) is 0 Å². The molecule has 1 saturated carbocycles. The Kier molecular flexibility index (Phi) is 1.64. The number of carbonyl (C=O) groups is 1. The second-order valence-corrected chi connectivity index (χ2v) is 3.84. The third kappa shape index (κ3) is 0.995. The maximum Gasteiger partial charge on any atom is 0.351 e. The van der Waals surface area contributed by atoms with Crippen LogP contribution in [0.25, 0.3) is 0 Å². The Labute approximate surface area is 74.1 Å². The van der Waals surface area contributed by atoms with Gasteiger partial charge in [-0.1, -0.05) is 12.8 Å². The van der Waals surface area contributed by atoms with E-state index in [1.54, 1.807) is 0 Å². The van der Waals surface area contributed by atoms with Crippen molar-refractivity contribution in [1.29, 1.82) is 0 Å². The minimum absolute atomic E-state index is 0.454. The number of nitrogens with one attached hydrogen (secondary N) is 1. The summed E-state index contributed by atoms with van der Waals surface area (Å²) in [5.41, 5.74) is -1.04. The Morgan fingerprint density at radius 2 is 1.92 bits per heavy atom. The first-order valence-electron chi connectivity index (χ1n) is 4.37. The minimum atomic E-state index is -3.61. The number of hydrogen-bond acceptors (Lipinski definition) is 2. The summed E-state index contributed by atoms with van der Waals surface area (Å²) in [5.74, 6) is -4.94. The van der Waals surface area contributed by atoms with E-state index in [1.165, 1.54) is 0 Å². The monoisotopic (exact) mass is 191 g/mol. The molecule has 2 aliphatic rings. The van der Waals surface area contributed by atoms with E-state index < -0.39 is 23.5 Å². The summed E-state index contributed by atoms with van der Waals surface area (Å²) in [5, 5.41) is 11.6. The van der Waals surface area contributed by atoms with Crippen LogP contribution in [0.4, 0.5) is 8.78 Å². The summed E-state index contributed by atoms with van der Waals surface area (Å²) in [6.07, 6.45) is 0.626. The first-order chi connectivity index (χ1) is 5.99. The van der Waals surface area contributed by atoms with Gasteiger partial charge in [0.1, 0.15) is 6.10 Å². The van der Waals surface area contributed by atoms with Crippen LogP contribution < -0.4 is 5.32 Å². The zero-order valence-electron chi connectivity index (χ0n) is 7.02. The summed E-state index contributed by atoms with van der Waals surface area (Å²) in [7, 11) is 0. The van der Waals surface area contributed by atoms with Crippen molar-refractivity contribution >= 4 is 5.91 Å². The number of alkyl halides is 2. The van der Waals surface area contributed by atoms with E-state index in [2.05, 4.69) is 5.32 Å². The third-order valence-corrected chi connectivity index (χ3v) is 3.03. The maximum absolute atomic E-state index is 13.0. The van der Waals surface area contributed by atoms with Gasteiger partial charge in [0.15, 0.2) is 0 Å². The van der Waals surface area contributed by atoms with E-state index in [4.69, 9.17) is 0 Å². The van der Waals surface area contributed by atoms with Gasteiger partial charge in [0, 0.05) is 0 Å². The average molecular weight is 191 g/mol. The smallest absolute Gasteiger partial charge is 0.351 e. The van der Waals surface area contributed by atoms with Gasteiger partial charge in [-0.25, -0.2) is 0 Å². The van der Waals surface area contributed by atoms with E-state index >= 15 is 0 Å². The largest absolute Gasteiger partial charge is 0.384 e. The lowest BCUT2D eigenvalue weighted by Gasteiger charge is -2.27. The second kappa shape index (κ2) is 2.41. The Balaban J connectivity index is 2.31. The highest BCUT2D eigenvalue weighted by atomic mass is 19.3. The van der Waals surface area contributed by atoms with Gasteiger partial charge in [-0.05, 0) is 12.8 Å². The first kappa shape index (κ1) is 8.87. The maximum atomic E-state index is 13.0. The lowest BCUT2D eigenvalue weighted by Crippen LogP contribution is -2.47. The van der Waals surface area contributed by atoms with Crippen LogP contribution >= 0.6 is 0 Å². The zero-order valence-corrected chi connectivity index (χ0v) is 7.02. The van der Waals surface area contributed by atoms with Gasteiger partial charge in [0.25, 0.3) is 5.91 Å². The highest BCUT2D eigenvalue weighted by molar-refractivity contribution is 5.88. The van der Waals surface area contributed by atoms with Crippen molar-refractivity contribution in [3.63, 3.8) is 0 Å². The molecular weight excluding hydrogens is 180 g/mol. The molecule has 1 saturated heterocycles. The summed E-state index contributed by atoms with van der Waals surface area (Å²) < 4.78 is 25.9. The summed E-state index contributed by atoms with van der Waals surface area (Å²) in [6.45, 7) is 0. The lowest BCUT2D eigenvalue weighted by atomic mass is 9.91. The normalized spacial score (nSPS) is 35.3. The summed E-state index contributed by atoms with van der Waals surface area (Å²) >= 11 is 0. The molecule has 5 heteroatoms. The number of carbonyl (C=O) groups excluding carboxylic acids is 1. The fraction of sp³-hybridized carbons (Fsp3) is 0.875. The minimum Gasteiger partial charge on any atom is -0.384 e. The van der Waals surface area contributed by atoms with Crippen molar-refractivity contribution < 1.29 is 18.7 Å². The Bertz CT molecular complexity index is 249. The van der Waals surface area contributed by atoms with Crippen LogP contribution in [0.2, 0.25) is 0 Å². The Hall–Kier alpha value is -0.710. The molecule has 0 aromatic carbocycles. The van der Waals surface area contributed by atoms with E-state index in [-0.39, 0.29) is 0 Å². The first-order valence-corrected chi connectivity index (χ1v) is 4.37. The fourth-order valence-corrected chi connectivity index (χ4v) is 2.25. The highest BCUT2D eigenvalue weighted by Gasteiger charge is 2.64. The van der Waals surface area contributed by atoms with Crippen LogP contribution in [0, 0.1) is 0 Å². The molecule has 0 bridgehead atoms. The van der Waals surface area contributed by atoms with E-state index in [0.29, 0.717) is 12.8 Å². The molecule has 1 atom stereocenters. The average Bonchev–Trinajstić information content (AvgIpc) is 2.57. The standard InChI is InChI=1S/C8H11F2NO2/c9-8(10)5(12)7(11-6(8)13)3-1-2-4-7/h5,12H,1-4H2,(H,11,13). The number of halogens is 2. The molecule has 0 radical (unpaired) electrons. The molecule has 1 amide bonds. The molecule has 0 aromatic rings. The second-order valence-electron chi connectivity index (χ2n) is 3.84. The molecule has 2 N–H and O–H groups in total.